The zero-order chi connectivity index (χ0) is 16.8. The monoisotopic (exact) mass is 321 g/mol. The first-order chi connectivity index (χ1) is 11.6. The van der Waals surface area contributed by atoms with E-state index in [4.69, 9.17) is 0 Å². The fourth-order valence-corrected chi connectivity index (χ4v) is 3.64. The van der Waals surface area contributed by atoms with Crippen LogP contribution in [-0.2, 0) is 18.3 Å². The van der Waals surface area contributed by atoms with Crippen LogP contribution in [0.5, 0.6) is 0 Å². The summed E-state index contributed by atoms with van der Waals surface area (Å²) in [5.74, 6) is -0.0506. The molecule has 2 heterocycles. The molecule has 0 bridgehead atoms. The van der Waals surface area contributed by atoms with Gasteiger partial charge in [-0.15, -0.1) is 0 Å². The van der Waals surface area contributed by atoms with E-state index in [-0.39, 0.29) is 11.6 Å². The maximum atomic E-state index is 13.1. The minimum absolute atomic E-state index is 0.0506. The Bertz CT molecular complexity index is 985. The summed E-state index contributed by atoms with van der Waals surface area (Å²) < 4.78 is 3.31. The van der Waals surface area contributed by atoms with Gasteiger partial charge in [-0.1, -0.05) is 30.3 Å². The van der Waals surface area contributed by atoms with E-state index in [2.05, 4.69) is 0 Å². The number of imidazole rings is 1. The van der Waals surface area contributed by atoms with Gasteiger partial charge in [-0.25, -0.2) is 4.79 Å². The lowest BCUT2D eigenvalue weighted by molar-refractivity contribution is -0.121. The Morgan fingerprint density at radius 3 is 2.62 bits per heavy atom. The average Bonchev–Trinajstić information content (AvgIpc) is 2.89. The van der Waals surface area contributed by atoms with E-state index in [1.165, 1.54) is 0 Å². The smallest absolute Gasteiger partial charge is 0.314 e. The molecular formula is C19H19N3O2. The maximum Gasteiger partial charge on any atom is 0.329 e. The summed E-state index contributed by atoms with van der Waals surface area (Å²) in [6.45, 7) is 0. The molecule has 1 aliphatic heterocycles. The van der Waals surface area contributed by atoms with Gasteiger partial charge in [0.15, 0.2) is 0 Å². The zero-order valence-electron chi connectivity index (χ0n) is 13.8. The topological polar surface area (TPSA) is 47.2 Å². The van der Waals surface area contributed by atoms with E-state index >= 15 is 0 Å². The van der Waals surface area contributed by atoms with Crippen molar-refractivity contribution < 1.29 is 4.79 Å². The molecule has 0 N–H and O–H groups in total. The minimum atomic E-state index is -0.457. The van der Waals surface area contributed by atoms with Gasteiger partial charge >= 0.3 is 5.69 Å². The van der Waals surface area contributed by atoms with Crippen LogP contribution in [-0.4, -0.2) is 22.1 Å². The third kappa shape index (κ3) is 2.01. The van der Waals surface area contributed by atoms with Gasteiger partial charge in [-0.2, -0.15) is 0 Å². The third-order valence-electron chi connectivity index (χ3n) is 4.95. The molecular weight excluding hydrogens is 302 g/mol. The molecule has 5 nitrogen and oxygen atoms in total. The molecule has 1 aromatic heterocycles. The number of likely N-dealkylation sites (N-methyl/N-ethyl adjacent to an activating group) is 1. The van der Waals surface area contributed by atoms with E-state index in [0.717, 1.165) is 28.7 Å². The van der Waals surface area contributed by atoms with Crippen LogP contribution in [0.4, 0.5) is 5.69 Å². The lowest BCUT2D eigenvalue weighted by Crippen LogP contribution is -2.40. The normalized spacial score (nSPS) is 16.3. The quantitative estimate of drug-likeness (QED) is 0.728. The predicted octanol–water partition coefficient (Wildman–Crippen LogP) is 2.49. The first-order valence-corrected chi connectivity index (χ1v) is 8.11. The third-order valence-corrected chi connectivity index (χ3v) is 4.95. The molecule has 4 rings (SSSR count). The van der Waals surface area contributed by atoms with E-state index in [9.17, 15) is 9.59 Å². The van der Waals surface area contributed by atoms with Crippen LogP contribution in [0.3, 0.4) is 0 Å². The zero-order valence-corrected chi connectivity index (χ0v) is 13.8. The van der Waals surface area contributed by atoms with Gasteiger partial charge in [0.1, 0.15) is 6.04 Å². The molecule has 2 aromatic carbocycles. The molecule has 0 saturated carbocycles. The fraction of sp³-hybridized carbons (Fsp3) is 0.263. The van der Waals surface area contributed by atoms with Crippen LogP contribution < -0.4 is 10.6 Å². The summed E-state index contributed by atoms with van der Waals surface area (Å²) in [6, 6.07) is 15.0. The standard InChI is InChI=1S/C19H19N3O2/c1-20(14-8-4-3-5-9-14)18(23)16-12-11-13-7-6-10-15-17(13)22(16)19(24)21(15)2/h3-10,16H,11-12H2,1-2H3. The number of aromatic nitrogens is 2. The Hall–Kier alpha value is -2.82. The van der Waals surface area contributed by atoms with E-state index in [1.54, 1.807) is 28.1 Å². The van der Waals surface area contributed by atoms with Crippen molar-refractivity contribution in [3.05, 3.63) is 64.6 Å². The number of amides is 1. The summed E-state index contributed by atoms with van der Waals surface area (Å²) in [6.07, 6.45) is 1.45. The second-order valence-electron chi connectivity index (χ2n) is 6.28. The Kier molecular flexibility index (Phi) is 3.30. The Morgan fingerprint density at radius 1 is 1.12 bits per heavy atom. The number of rotatable bonds is 2. The number of para-hydroxylation sites is 2. The maximum absolute atomic E-state index is 13.1. The molecule has 0 fully saturated rings. The number of anilines is 1. The lowest BCUT2D eigenvalue weighted by Gasteiger charge is -2.28. The molecule has 0 spiro atoms. The first-order valence-electron chi connectivity index (χ1n) is 8.11. The van der Waals surface area contributed by atoms with Gasteiger partial charge in [0.2, 0.25) is 5.91 Å². The van der Waals surface area contributed by atoms with E-state index in [1.807, 2.05) is 48.5 Å². The highest BCUT2D eigenvalue weighted by atomic mass is 16.2. The molecule has 0 aliphatic carbocycles. The molecule has 0 saturated heterocycles. The fourth-order valence-electron chi connectivity index (χ4n) is 3.64. The van der Waals surface area contributed by atoms with Crippen LogP contribution in [0.2, 0.25) is 0 Å². The van der Waals surface area contributed by atoms with Crippen LogP contribution in [0.25, 0.3) is 11.0 Å². The van der Waals surface area contributed by atoms with Crippen molar-refractivity contribution >= 4 is 22.6 Å². The lowest BCUT2D eigenvalue weighted by atomic mass is 9.98. The van der Waals surface area contributed by atoms with Crippen molar-refractivity contribution in [2.75, 3.05) is 11.9 Å². The minimum Gasteiger partial charge on any atom is -0.314 e. The highest BCUT2D eigenvalue weighted by Crippen LogP contribution is 2.31. The molecule has 0 radical (unpaired) electrons. The van der Waals surface area contributed by atoms with Crippen molar-refractivity contribution in [3.8, 4) is 0 Å². The van der Waals surface area contributed by atoms with Crippen molar-refractivity contribution in [1.29, 1.82) is 0 Å². The van der Waals surface area contributed by atoms with Gasteiger partial charge in [0.25, 0.3) is 0 Å². The van der Waals surface area contributed by atoms with Crippen LogP contribution >= 0.6 is 0 Å². The molecule has 1 unspecified atom stereocenters. The van der Waals surface area contributed by atoms with Crippen molar-refractivity contribution in [2.24, 2.45) is 7.05 Å². The van der Waals surface area contributed by atoms with E-state index in [0.29, 0.717) is 6.42 Å². The van der Waals surface area contributed by atoms with Gasteiger partial charge in [0.05, 0.1) is 11.0 Å². The summed E-state index contributed by atoms with van der Waals surface area (Å²) in [7, 11) is 3.53. The number of hydrogen-bond donors (Lipinski definition) is 0. The largest absolute Gasteiger partial charge is 0.329 e. The summed E-state index contributed by atoms with van der Waals surface area (Å²) >= 11 is 0. The van der Waals surface area contributed by atoms with Gasteiger partial charge in [-0.05, 0) is 36.6 Å². The Balaban J connectivity index is 1.83. The number of aryl methyl sites for hydroxylation is 2. The van der Waals surface area contributed by atoms with Crippen LogP contribution in [0.1, 0.15) is 18.0 Å². The van der Waals surface area contributed by atoms with E-state index < -0.39 is 6.04 Å². The van der Waals surface area contributed by atoms with Gasteiger partial charge in [-0.3, -0.25) is 13.9 Å². The SMILES string of the molecule is CN(C(=O)C1CCc2cccc3c2n1c(=O)n3C)c1ccccc1. The van der Waals surface area contributed by atoms with Crippen molar-refractivity contribution in [2.45, 2.75) is 18.9 Å². The highest BCUT2D eigenvalue weighted by Gasteiger charge is 2.32. The van der Waals surface area contributed by atoms with Crippen molar-refractivity contribution in [1.82, 2.24) is 9.13 Å². The second kappa shape index (κ2) is 5.37. The number of carbonyl (C=O) groups excluding carboxylic acids is 1. The van der Waals surface area contributed by atoms with Gasteiger partial charge in [0, 0.05) is 19.8 Å². The molecule has 1 amide bonds. The number of benzene rings is 2. The highest BCUT2D eigenvalue weighted by molar-refractivity contribution is 5.97. The summed E-state index contributed by atoms with van der Waals surface area (Å²) in [5, 5.41) is 0. The predicted molar refractivity (Wildman–Crippen MR) is 94.4 cm³/mol. The summed E-state index contributed by atoms with van der Waals surface area (Å²) in [4.78, 5) is 27.4. The molecule has 5 heteroatoms. The number of hydrogen-bond acceptors (Lipinski definition) is 2. The van der Waals surface area contributed by atoms with Crippen LogP contribution in [0, 0.1) is 0 Å². The average molecular weight is 321 g/mol. The number of carbonyl (C=O) groups is 1. The van der Waals surface area contributed by atoms with Crippen molar-refractivity contribution in [3.63, 3.8) is 0 Å². The molecule has 3 aromatic rings. The van der Waals surface area contributed by atoms with Crippen LogP contribution in [0.15, 0.2) is 53.3 Å². The molecule has 24 heavy (non-hydrogen) atoms. The summed E-state index contributed by atoms with van der Waals surface area (Å²) in [5.41, 5.74) is 3.63. The Labute approximate surface area is 139 Å². The number of nitrogens with zero attached hydrogens (tertiary/aromatic N) is 3. The van der Waals surface area contributed by atoms with Gasteiger partial charge < -0.3 is 4.90 Å². The molecule has 1 aliphatic rings. The Morgan fingerprint density at radius 2 is 1.88 bits per heavy atom. The molecule has 1 atom stereocenters. The first kappa shape index (κ1) is 14.8. The molecule has 122 valence electrons. The second-order valence-corrected chi connectivity index (χ2v) is 6.28.